The fourth-order valence-electron chi connectivity index (χ4n) is 3.74. The third-order valence-electron chi connectivity index (χ3n) is 5.20. The number of benzene rings is 1. The SMILES string of the molecule is CC(c1ccccc1Cl)N1CCC(C(=O)N2CCCC2)CC1. The van der Waals surface area contributed by atoms with Crippen molar-refractivity contribution in [2.45, 2.75) is 38.6 Å². The first-order chi connectivity index (χ1) is 10.7. The van der Waals surface area contributed by atoms with Crippen molar-refractivity contribution < 1.29 is 4.79 Å². The summed E-state index contributed by atoms with van der Waals surface area (Å²) in [5.41, 5.74) is 1.19. The van der Waals surface area contributed by atoms with E-state index in [4.69, 9.17) is 11.6 Å². The normalized spacial score (nSPS) is 22.0. The lowest BCUT2D eigenvalue weighted by Gasteiger charge is -2.37. The van der Waals surface area contributed by atoms with Crippen LogP contribution in [0.4, 0.5) is 0 Å². The molecule has 2 fully saturated rings. The highest BCUT2D eigenvalue weighted by molar-refractivity contribution is 6.31. The molecule has 0 aromatic heterocycles. The Kier molecular flexibility index (Phi) is 5.04. The maximum atomic E-state index is 12.5. The van der Waals surface area contributed by atoms with Crippen molar-refractivity contribution in [3.05, 3.63) is 34.9 Å². The van der Waals surface area contributed by atoms with Crippen LogP contribution in [0.3, 0.4) is 0 Å². The number of hydrogen-bond donors (Lipinski definition) is 0. The molecule has 1 aromatic rings. The Balaban J connectivity index is 1.57. The van der Waals surface area contributed by atoms with Crippen LogP contribution in [0, 0.1) is 5.92 Å². The van der Waals surface area contributed by atoms with E-state index in [-0.39, 0.29) is 5.92 Å². The zero-order chi connectivity index (χ0) is 15.5. The molecule has 2 aliphatic heterocycles. The van der Waals surface area contributed by atoms with E-state index in [0.717, 1.165) is 44.0 Å². The minimum atomic E-state index is 0.229. The molecule has 0 saturated carbocycles. The second-order valence-corrected chi connectivity index (χ2v) is 6.95. The van der Waals surface area contributed by atoms with Gasteiger partial charge in [0.25, 0.3) is 0 Å². The van der Waals surface area contributed by atoms with Crippen molar-refractivity contribution in [1.29, 1.82) is 0 Å². The third kappa shape index (κ3) is 3.31. The van der Waals surface area contributed by atoms with Crippen LogP contribution in [0.25, 0.3) is 0 Å². The van der Waals surface area contributed by atoms with Gasteiger partial charge in [-0.3, -0.25) is 9.69 Å². The van der Waals surface area contributed by atoms with Gasteiger partial charge in [-0.2, -0.15) is 0 Å². The molecule has 22 heavy (non-hydrogen) atoms. The van der Waals surface area contributed by atoms with Crippen molar-refractivity contribution in [2.24, 2.45) is 5.92 Å². The predicted molar refractivity (Wildman–Crippen MR) is 90.0 cm³/mol. The van der Waals surface area contributed by atoms with Gasteiger partial charge in [-0.15, -0.1) is 0 Å². The van der Waals surface area contributed by atoms with Gasteiger partial charge in [0.05, 0.1) is 0 Å². The van der Waals surface area contributed by atoms with E-state index in [1.54, 1.807) is 0 Å². The summed E-state index contributed by atoms with van der Waals surface area (Å²) in [6.07, 6.45) is 4.30. The first-order valence-corrected chi connectivity index (χ1v) is 8.82. The summed E-state index contributed by atoms with van der Waals surface area (Å²) in [5, 5.41) is 0.838. The number of carbonyl (C=O) groups is 1. The fraction of sp³-hybridized carbons (Fsp3) is 0.611. The van der Waals surface area contributed by atoms with Gasteiger partial charge in [0.1, 0.15) is 0 Å². The molecule has 1 aromatic carbocycles. The summed E-state index contributed by atoms with van der Waals surface area (Å²) in [5.74, 6) is 0.621. The zero-order valence-corrected chi connectivity index (χ0v) is 14.1. The maximum absolute atomic E-state index is 12.5. The van der Waals surface area contributed by atoms with Crippen LogP contribution < -0.4 is 0 Å². The van der Waals surface area contributed by atoms with Crippen LogP contribution >= 0.6 is 11.6 Å². The number of likely N-dealkylation sites (tertiary alicyclic amines) is 2. The van der Waals surface area contributed by atoms with Crippen LogP contribution in [-0.4, -0.2) is 41.9 Å². The van der Waals surface area contributed by atoms with Gasteiger partial charge in [-0.05, 0) is 57.3 Å². The first kappa shape index (κ1) is 15.8. The molecule has 0 spiro atoms. The van der Waals surface area contributed by atoms with Crippen molar-refractivity contribution in [3.63, 3.8) is 0 Å². The van der Waals surface area contributed by atoms with Crippen LogP contribution in [-0.2, 0) is 4.79 Å². The highest BCUT2D eigenvalue weighted by Gasteiger charge is 2.31. The Morgan fingerprint density at radius 3 is 2.41 bits per heavy atom. The minimum Gasteiger partial charge on any atom is -0.342 e. The molecule has 120 valence electrons. The van der Waals surface area contributed by atoms with E-state index < -0.39 is 0 Å². The number of amides is 1. The van der Waals surface area contributed by atoms with Crippen molar-refractivity contribution in [2.75, 3.05) is 26.2 Å². The van der Waals surface area contributed by atoms with Crippen LogP contribution in [0.1, 0.15) is 44.2 Å². The third-order valence-corrected chi connectivity index (χ3v) is 5.54. The van der Waals surface area contributed by atoms with Gasteiger partial charge in [-0.1, -0.05) is 29.8 Å². The molecule has 0 N–H and O–H groups in total. The second kappa shape index (κ2) is 7.01. The van der Waals surface area contributed by atoms with Gasteiger partial charge in [0.15, 0.2) is 0 Å². The van der Waals surface area contributed by atoms with Crippen LogP contribution in [0.15, 0.2) is 24.3 Å². The summed E-state index contributed by atoms with van der Waals surface area (Å²) >= 11 is 6.32. The number of halogens is 1. The Bertz CT molecular complexity index is 520. The summed E-state index contributed by atoms with van der Waals surface area (Å²) in [6, 6.07) is 8.39. The van der Waals surface area contributed by atoms with Crippen molar-refractivity contribution in [1.82, 2.24) is 9.80 Å². The van der Waals surface area contributed by atoms with E-state index in [2.05, 4.69) is 22.8 Å². The number of rotatable bonds is 3. The molecular weight excluding hydrogens is 296 g/mol. The Morgan fingerprint density at radius 2 is 1.77 bits per heavy atom. The average molecular weight is 321 g/mol. The van der Waals surface area contributed by atoms with Gasteiger partial charge < -0.3 is 4.90 Å². The summed E-state index contributed by atoms with van der Waals surface area (Å²) < 4.78 is 0. The van der Waals surface area contributed by atoms with Gasteiger partial charge in [0, 0.05) is 30.1 Å². The lowest BCUT2D eigenvalue weighted by Crippen LogP contribution is -2.42. The minimum absolute atomic E-state index is 0.229. The molecule has 1 amide bonds. The highest BCUT2D eigenvalue weighted by Crippen LogP contribution is 2.31. The molecule has 2 saturated heterocycles. The molecule has 0 radical (unpaired) electrons. The predicted octanol–water partition coefficient (Wildman–Crippen LogP) is 3.74. The molecule has 3 nitrogen and oxygen atoms in total. The second-order valence-electron chi connectivity index (χ2n) is 6.54. The van der Waals surface area contributed by atoms with E-state index in [9.17, 15) is 4.79 Å². The largest absolute Gasteiger partial charge is 0.342 e. The van der Waals surface area contributed by atoms with Crippen LogP contribution in [0.2, 0.25) is 5.02 Å². The quantitative estimate of drug-likeness (QED) is 0.847. The van der Waals surface area contributed by atoms with Crippen LogP contribution in [0.5, 0.6) is 0 Å². The lowest BCUT2D eigenvalue weighted by molar-refractivity contribution is -0.136. The number of piperidine rings is 1. The highest BCUT2D eigenvalue weighted by atomic mass is 35.5. The summed E-state index contributed by atoms with van der Waals surface area (Å²) in [4.78, 5) is 17.0. The Hall–Kier alpha value is -1.06. The van der Waals surface area contributed by atoms with E-state index in [1.807, 2.05) is 18.2 Å². The van der Waals surface area contributed by atoms with E-state index in [0.29, 0.717) is 11.9 Å². The van der Waals surface area contributed by atoms with Gasteiger partial charge >= 0.3 is 0 Å². The standard InChI is InChI=1S/C18H25ClN2O/c1-14(16-6-2-3-7-17(16)19)20-12-8-15(9-13-20)18(22)21-10-4-5-11-21/h2-3,6-7,14-15H,4-5,8-13H2,1H3. The molecule has 0 bridgehead atoms. The number of nitrogens with zero attached hydrogens (tertiary/aromatic N) is 2. The molecule has 2 heterocycles. The zero-order valence-electron chi connectivity index (χ0n) is 13.3. The molecule has 2 aliphatic rings. The Labute approximate surface area is 138 Å². The monoisotopic (exact) mass is 320 g/mol. The number of carbonyl (C=O) groups excluding carboxylic acids is 1. The smallest absolute Gasteiger partial charge is 0.225 e. The van der Waals surface area contributed by atoms with Crippen molar-refractivity contribution in [3.8, 4) is 0 Å². The molecule has 1 atom stereocenters. The number of hydrogen-bond acceptors (Lipinski definition) is 2. The molecule has 1 unspecified atom stereocenters. The first-order valence-electron chi connectivity index (χ1n) is 8.44. The molecule has 4 heteroatoms. The summed E-state index contributed by atoms with van der Waals surface area (Å²) in [6.45, 7) is 6.11. The van der Waals surface area contributed by atoms with E-state index >= 15 is 0 Å². The van der Waals surface area contributed by atoms with Crippen molar-refractivity contribution >= 4 is 17.5 Å². The average Bonchev–Trinajstić information content (AvgIpc) is 3.09. The maximum Gasteiger partial charge on any atom is 0.225 e. The summed E-state index contributed by atoms with van der Waals surface area (Å²) in [7, 11) is 0. The van der Waals surface area contributed by atoms with Gasteiger partial charge in [-0.25, -0.2) is 0 Å². The van der Waals surface area contributed by atoms with E-state index in [1.165, 1.54) is 18.4 Å². The van der Waals surface area contributed by atoms with Gasteiger partial charge in [0.2, 0.25) is 5.91 Å². The molecule has 0 aliphatic carbocycles. The molecule has 3 rings (SSSR count). The topological polar surface area (TPSA) is 23.6 Å². The molecular formula is C18H25ClN2O. The fourth-order valence-corrected chi connectivity index (χ4v) is 4.03. The lowest BCUT2D eigenvalue weighted by atomic mass is 9.93. The Morgan fingerprint density at radius 1 is 1.14 bits per heavy atom.